The largest absolute Gasteiger partial charge is 0.325 e. The van der Waals surface area contributed by atoms with Crippen LogP contribution in [0, 0.1) is 27.7 Å². The Kier molecular flexibility index (Phi) is 6.25. The zero-order valence-electron chi connectivity index (χ0n) is 18.1. The van der Waals surface area contributed by atoms with Crippen molar-refractivity contribution in [3.63, 3.8) is 0 Å². The summed E-state index contributed by atoms with van der Waals surface area (Å²) in [5, 5.41) is 3.55. The first-order valence-corrected chi connectivity index (χ1v) is 12.2. The van der Waals surface area contributed by atoms with Gasteiger partial charge in [-0.2, -0.15) is 0 Å². The molecule has 0 radical (unpaired) electrons. The zero-order chi connectivity index (χ0) is 22.1. The number of nitrogens with zero attached hydrogens (tertiary/aromatic N) is 2. The zero-order valence-corrected chi connectivity index (χ0v) is 19.7. The van der Waals surface area contributed by atoms with Crippen LogP contribution in [-0.4, -0.2) is 27.0 Å². The van der Waals surface area contributed by atoms with E-state index in [0.717, 1.165) is 56.4 Å². The van der Waals surface area contributed by atoms with Gasteiger partial charge in [0.05, 0.1) is 22.0 Å². The number of aromatic nitrogens is 2. The summed E-state index contributed by atoms with van der Waals surface area (Å²) in [6.45, 7) is 8.05. The van der Waals surface area contributed by atoms with E-state index in [2.05, 4.69) is 11.4 Å². The SMILES string of the molecule is Cc1cc(C)cc(-n2c(SCC(=O)Nc3cccc(C)c3C)nc3c(c2=O)SCC3)c1. The van der Waals surface area contributed by atoms with E-state index in [4.69, 9.17) is 4.98 Å². The van der Waals surface area contributed by atoms with Crippen molar-refractivity contribution in [3.8, 4) is 5.69 Å². The summed E-state index contributed by atoms with van der Waals surface area (Å²) in [6.07, 6.45) is 0.783. The molecule has 7 heteroatoms. The van der Waals surface area contributed by atoms with Gasteiger partial charge in [0.15, 0.2) is 5.16 Å². The van der Waals surface area contributed by atoms with Gasteiger partial charge in [-0.25, -0.2) is 4.98 Å². The second-order valence-corrected chi connectivity index (χ2v) is 9.89. The van der Waals surface area contributed by atoms with Gasteiger partial charge in [0.25, 0.3) is 5.56 Å². The number of hydrogen-bond acceptors (Lipinski definition) is 5. The van der Waals surface area contributed by atoms with E-state index in [1.807, 2.05) is 58.0 Å². The highest BCUT2D eigenvalue weighted by Crippen LogP contribution is 2.30. The molecule has 1 N–H and O–H groups in total. The maximum atomic E-state index is 13.3. The molecule has 4 rings (SSSR count). The smallest absolute Gasteiger partial charge is 0.272 e. The summed E-state index contributed by atoms with van der Waals surface area (Å²) in [7, 11) is 0. The molecule has 0 spiro atoms. The molecule has 0 saturated carbocycles. The molecule has 0 bridgehead atoms. The van der Waals surface area contributed by atoms with E-state index in [0.29, 0.717) is 5.16 Å². The van der Waals surface area contributed by atoms with Gasteiger partial charge in [0, 0.05) is 17.9 Å². The van der Waals surface area contributed by atoms with E-state index < -0.39 is 0 Å². The van der Waals surface area contributed by atoms with Gasteiger partial charge in [-0.3, -0.25) is 14.2 Å². The molecule has 1 aliphatic rings. The lowest BCUT2D eigenvalue weighted by Crippen LogP contribution is -2.25. The fourth-order valence-electron chi connectivity index (χ4n) is 3.70. The third-order valence-electron chi connectivity index (χ3n) is 5.34. The number of hydrogen-bond donors (Lipinski definition) is 1. The number of benzene rings is 2. The van der Waals surface area contributed by atoms with Crippen molar-refractivity contribution in [2.24, 2.45) is 0 Å². The number of thioether (sulfide) groups is 2. The molecule has 0 fully saturated rings. The summed E-state index contributed by atoms with van der Waals surface area (Å²) in [6, 6.07) is 11.9. The fourth-order valence-corrected chi connectivity index (χ4v) is 5.55. The molecule has 0 aliphatic carbocycles. The minimum Gasteiger partial charge on any atom is -0.325 e. The Balaban J connectivity index is 1.65. The number of fused-ring (bicyclic) bond motifs is 1. The molecule has 5 nitrogen and oxygen atoms in total. The molecule has 1 aliphatic heterocycles. The minimum atomic E-state index is -0.116. The average Bonchev–Trinajstić information content (AvgIpc) is 3.18. The summed E-state index contributed by atoms with van der Waals surface area (Å²) < 4.78 is 1.66. The molecule has 31 heavy (non-hydrogen) atoms. The van der Waals surface area contributed by atoms with Crippen molar-refractivity contribution in [2.45, 2.75) is 44.2 Å². The Hall–Kier alpha value is -2.51. The second-order valence-electron chi connectivity index (χ2n) is 7.84. The van der Waals surface area contributed by atoms with Crippen LogP contribution in [0.4, 0.5) is 5.69 Å². The van der Waals surface area contributed by atoms with E-state index in [-0.39, 0.29) is 17.2 Å². The van der Waals surface area contributed by atoms with E-state index in [1.54, 1.807) is 16.3 Å². The number of carbonyl (C=O) groups is 1. The molecular weight excluding hydrogens is 426 g/mol. The van der Waals surface area contributed by atoms with E-state index in [9.17, 15) is 9.59 Å². The number of rotatable bonds is 5. The lowest BCUT2D eigenvalue weighted by Gasteiger charge is -2.15. The molecule has 1 aromatic heterocycles. The van der Waals surface area contributed by atoms with E-state index >= 15 is 0 Å². The highest BCUT2D eigenvalue weighted by atomic mass is 32.2. The monoisotopic (exact) mass is 451 g/mol. The van der Waals surface area contributed by atoms with Gasteiger partial charge >= 0.3 is 0 Å². The molecule has 0 atom stereocenters. The third kappa shape index (κ3) is 4.57. The van der Waals surface area contributed by atoms with Gasteiger partial charge in [-0.1, -0.05) is 30.0 Å². The van der Waals surface area contributed by atoms with Gasteiger partial charge in [0.1, 0.15) is 0 Å². The normalized spacial score (nSPS) is 12.6. The maximum absolute atomic E-state index is 13.3. The molecule has 1 amide bonds. The number of carbonyl (C=O) groups excluding carboxylic acids is 1. The van der Waals surface area contributed by atoms with Crippen molar-refractivity contribution < 1.29 is 4.79 Å². The predicted molar refractivity (Wildman–Crippen MR) is 129 cm³/mol. The van der Waals surface area contributed by atoms with Crippen molar-refractivity contribution in [2.75, 3.05) is 16.8 Å². The second kappa shape index (κ2) is 8.93. The van der Waals surface area contributed by atoms with Gasteiger partial charge in [-0.15, -0.1) is 11.8 Å². The summed E-state index contributed by atoms with van der Waals surface area (Å²) in [5.41, 5.74) is 6.76. The van der Waals surface area contributed by atoms with Crippen molar-refractivity contribution in [1.82, 2.24) is 9.55 Å². The van der Waals surface area contributed by atoms with Gasteiger partial charge in [-0.05, 0) is 68.1 Å². The van der Waals surface area contributed by atoms with Crippen LogP contribution in [0.2, 0.25) is 0 Å². The van der Waals surface area contributed by atoms with Crippen molar-refractivity contribution in [3.05, 3.63) is 74.7 Å². The summed E-state index contributed by atoms with van der Waals surface area (Å²) in [4.78, 5) is 31.5. The molecule has 2 aromatic carbocycles. The first kappa shape index (κ1) is 21.7. The van der Waals surface area contributed by atoms with Gasteiger partial charge < -0.3 is 5.32 Å². The molecule has 3 aromatic rings. The lowest BCUT2D eigenvalue weighted by atomic mass is 10.1. The number of anilines is 1. The predicted octanol–water partition coefficient (Wildman–Crippen LogP) is 4.85. The number of amides is 1. The Labute approximate surface area is 190 Å². The standard InChI is InChI=1S/C24H25N3O2S2/c1-14-10-15(2)12-18(11-14)27-23(29)22-20(8-9-30-22)26-24(27)31-13-21(28)25-19-7-5-6-16(3)17(19)4/h5-7,10-12H,8-9,13H2,1-4H3,(H,25,28). The van der Waals surface area contributed by atoms with E-state index in [1.165, 1.54) is 11.8 Å². The van der Waals surface area contributed by atoms with Crippen LogP contribution >= 0.6 is 23.5 Å². The highest BCUT2D eigenvalue weighted by Gasteiger charge is 2.23. The number of nitrogens with one attached hydrogen (secondary N) is 1. The Morgan fingerprint density at radius 2 is 1.90 bits per heavy atom. The Morgan fingerprint density at radius 1 is 1.16 bits per heavy atom. The third-order valence-corrected chi connectivity index (χ3v) is 7.39. The minimum absolute atomic E-state index is 0.0464. The molecule has 2 heterocycles. The first-order valence-electron chi connectivity index (χ1n) is 10.2. The summed E-state index contributed by atoms with van der Waals surface area (Å²) in [5.74, 6) is 0.928. The van der Waals surface area contributed by atoms with Crippen LogP contribution < -0.4 is 10.9 Å². The topological polar surface area (TPSA) is 64.0 Å². The van der Waals surface area contributed by atoms with Crippen LogP contribution in [0.3, 0.4) is 0 Å². The lowest BCUT2D eigenvalue weighted by molar-refractivity contribution is -0.113. The van der Waals surface area contributed by atoms with Crippen LogP contribution in [-0.2, 0) is 11.2 Å². The quantitative estimate of drug-likeness (QED) is 0.444. The van der Waals surface area contributed by atoms with Crippen LogP contribution in [0.5, 0.6) is 0 Å². The fraction of sp³-hybridized carbons (Fsp3) is 0.292. The Bertz CT molecular complexity index is 1210. The Morgan fingerprint density at radius 3 is 2.65 bits per heavy atom. The number of aryl methyl sites for hydroxylation is 4. The molecule has 0 unspecified atom stereocenters. The first-order chi connectivity index (χ1) is 14.8. The molecule has 0 saturated heterocycles. The average molecular weight is 452 g/mol. The summed E-state index contributed by atoms with van der Waals surface area (Å²) >= 11 is 2.87. The van der Waals surface area contributed by atoms with Gasteiger partial charge in [0.2, 0.25) is 5.91 Å². The highest BCUT2D eigenvalue weighted by molar-refractivity contribution is 8.00. The van der Waals surface area contributed by atoms with Crippen LogP contribution in [0.1, 0.15) is 27.9 Å². The molecule has 160 valence electrons. The van der Waals surface area contributed by atoms with Crippen molar-refractivity contribution in [1.29, 1.82) is 0 Å². The van der Waals surface area contributed by atoms with Crippen LogP contribution in [0.25, 0.3) is 5.69 Å². The maximum Gasteiger partial charge on any atom is 0.272 e. The molecular formula is C24H25N3O2S2. The van der Waals surface area contributed by atoms with Crippen molar-refractivity contribution >= 4 is 35.1 Å². The van der Waals surface area contributed by atoms with Crippen LogP contribution in [0.15, 0.2) is 51.2 Å².